The van der Waals surface area contributed by atoms with E-state index in [4.69, 9.17) is 0 Å². The third-order valence-electron chi connectivity index (χ3n) is 9.92. The van der Waals surface area contributed by atoms with Gasteiger partial charge >= 0.3 is 0 Å². The molecule has 170 valence electrons. The zero-order chi connectivity index (χ0) is 21.8. The predicted molar refractivity (Wildman–Crippen MR) is 121 cm³/mol. The Kier molecular flexibility index (Phi) is 6.03. The highest BCUT2D eigenvalue weighted by Gasteiger charge is 2.59. The van der Waals surface area contributed by atoms with Crippen LogP contribution in [0.25, 0.3) is 0 Å². The number of hydrogen-bond donors (Lipinski definition) is 2. The van der Waals surface area contributed by atoms with Crippen LogP contribution in [0.1, 0.15) is 98.8 Å². The lowest BCUT2D eigenvalue weighted by Crippen LogP contribution is -2.53. The van der Waals surface area contributed by atoms with E-state index in [9.17, 15) is 15.0 Å². The molecule has 0 aromatic heterocycles. The standard InChI is InChI=1S/C27H44O3/c1-16(2)7-6-8-17(3)22-14-24(30)25-19-9-10-21-23(29)13-18(28)15-27(21,5)20(19)11-12-26(22,25)4/h16-18,20-23,28-29H,6-15H2,1-5H3/t17-,18?,20+,21+,22-,23?,26-,27-/m1/s1. The highest BCUT2D eigenvalue weighted by atomic mass is 16.3. The molecule has 0 aromatic carbocycles. The van der Waals surface area contributed by atoms with Gasteiger partial charge < -0.3 is 10.2 Å². The summed E-state index contributed by atoms with van der Waals surface area (Å²) in [4.78, 5) is 13.4. The highest BCUT2D eigenvalue weighted by molar-refractivity contribution is 6.00. The normalized spacial score (nSPS) is 44.7. The van der Waals surface area contributed by atoms with E-state index in [0.29, 0.717) is 30.0 Å². The van der Waals surface area contributed by atoms with Gasteiger partial charge in [0.15, 0.2) is 5.78 Å². The summed E-state index contributed by atoms with van der Waals surface area (Å²) in [5.74, 6) is 2.87. The highest BCUT2D eigenvalue weighted by Crippen LogP contribution is 2.65. The Labute approximate surface area is 183 Å². The van der Waals surface area contributed by atoms with Crippen molar-refractivity contribution >= 4 is 5.78 Å². The molecule has 0 aliphatic heterocycles. The fourth-order valence-electron chi connectivity index (χ4n) is 8.44. The quantitative estimate of drug-likeness (QED) is 0.606. The Morgan fingerprint density at radius 2 is 1.83 bits per heavy atom. The molecule has 3 saturated carbocycles. The summed E-state index contributed by atoms with van der Waals surface area (Å²) in [6, 6.07) is 0. The van der Waals surface area contributed by atoms with Crippen molar-refractivity contribution in [3.05, 3.63) is 11.1 Å². The maximum absolute atomic E-state index is 13.4. The van der Waals surface area contributed by atoms with E-state index >= 15 is 0 Å². The second-order valence-electron chi connectivity index (χ2n) is 12.3. The smallest absolute Gasteiger partial charge is 0.159 e. The van der Waals surface area contributed by atoms with Crippen molar-refractivity contribution in [3.8, 4) is 0 Å². The van der Waals surface area contributed by atoms with Crippen LogP contribution < -0.4 is 0 Å². The Morgan fingerprint density at radius 1 is 1.10 bits per heavy atom. The number of rotatable bonds is 5. The zero-order valence-corrected chi connectivity index (χ0v) is 19.9. The monoisotopic (exact) mass is 416 g/mol. The number of Topliss-reactive ketones (excluding diaryl/α,β-unsaturated/α-hetero) is 1. The minimum Gasteiger partial charge on any atom is -0.393 e. The van der Waals surface area contributed by atoms with Gasteiger partial charge in [-0.05, 0) is 78.9 Å². The van der Waals surface area contributed by atoms with Crippen LogP contribution in [0.5, 0.6) is 0 Å². The van der Waals surface area contributed by atoms with Gasteiger partial charge in [0.05, 0.1) is 12.2 Å². The largest absolute Gasteiger partial charge is 0.393 e. The number of fused-ring (bicyclic) bond motifs is 4. The third kappa shape index (κ3) is 3.52. The topological polar surface area (TPSA) is 57.5 Å². The summed E-state index contributed by atoms with van der Waals surface area (Å²) in [6.45, 7) is 11.7. The van der Waals surface area contributed by atoms with Crippen LogP contribution in [-0.4, -0.2) is 28.2 Å². The molecule has 0 aromatic rings. The summed E-state index contributed by atoms with van der Waals surface area (Å²) >= 11 is 0. The molecule has 0 bridgehead atoms. The molecule has 3 heteroatoms. The molecule has 4 aliphatic carbocycles. The SMILES string of the molecule is CC(C)CCC[C@@H](C)[C@H]1CC(=O)C2=C3CC[C@H]4C(O)CC(O)C[C@]4(C)[C@H]3CC[C@@]21C. The number of aliphatic hydroxyl groups excluding tert-OH is 2. The van der Waals surface area contributed by atoms with Gasteiger partial charge in [0.2, 0.25) is 0 Å². The lowest BCUT2D eigenvalue weighted by atomic mass is 9.48. The van der Waals surface area contributed by atoms with Crippen LogP contribution in [0.3, 0.4) is 0 Å². The first-order chi connectivity index (χ1) is 14.1. The van der Waals surface area contributed by atoms with Crippen LogP contribution in [0.2, 0.25) is 0 Å². The maximum atomic E-state index is 13.4. The van der Waals surface area contributed by atoms with Gasteiger partial charge in [0, 0.05) is 12.0 Å². The minimum atomic E-state index is -0.410. The van der Waals surface area contributed by atoms with Gasteiger partial charge in [-0.1, -0.05) is 59.5 Å². The van der Waals surface area contributed by atoms with Crippen LogP contribution in [-0.2, 0) is 4.79 Å². The number of hydrogen-bond acceptors (Lipinski definition) is 3. The summed E-state index contributed by atoms with van der Waals surface area (Å²) in [5, 5.41) is 21.2. The second kappa shape index (κ2) is 8.03. The van der Waals surface area contributed by atoms with Gasteiger partial charge in [-0.15, -0.1) is 0 Å². The van der Waals surface area contributed by atoms with Gasteiger partial charge in [-0.25, -0.2) is 0 Å². The van der Waals surface area contributed by atoms with Gasteiger partial charge in [-0.2, -0.15) is 0 Å². The molecule has 2 unspecified atom stereocenters. The molecule has 3 fully saturated rings. The van der Waals surface area contributed by atoms with Crippen molar-refractivity contribution in [1.29, 1.82) is 0 Å². The number of carbonyl (C=O) groups is 1. The lowest BCUT2D eigenvalue weighted by molar-refractivity contribution is -0.116. The molecule has 2 N–H and O–H groups in total. The number of carbonyl (C=O) groups excluding carboxylic acids is 1. The van der Waals surface area contributed by atoms with Crippen molar-refractivity contribution in [2.24, 2.45) is 40.4 Å². The molecule has 8 atom stereocenters. The van der Waals surface area contributed by atoms with Gasteiger partial charge in [-0.3, -0.25) is 4.79 Å². The van der Waals surface area contributed by atoms with E-state index in [2.05, 4.69) is 34.6 Å². The summed E-state index contributed by atoms with van der Waals surface area (Å²) in [7, 11) is 0. The summed E-state index contributed by atoms with van der Waals surface area (Å²) in [5.41, 5.74) is 2.58. The zero-order valence-electron chi connectivity index (χ0n) is 19.9. The van der Waals surface area contributed by atoms with Crippen molar-refractivity contribution in [1.82, 2.24) is 0 Å². The van der Waals surface area contributed by atoms with Crippen LogP contribution >= 0.6 is 0 Å². The van der Waals surface area contributed by atoms with E-state index in [1.54, 1.807) is 0 Å². The predicted octanol–water partition coefficient (Wildman–Crippen LogP) is 5.68. The molecule has 0 amide bonds. The first-order valence-electron chi connectivity index (χ1n) is 12.7. The third-order valence-corrected chi connectivity index (χ3v) is 9.92. The summed E-state index contributed by atoms with van der Waals surface area (Å²) in [6.07, 6.45) is 9.15. The van der Waals surface area contributed by atoms with Crippen molar-refractivity contribution in [2.45, 2.75) is 111 Å². The average molecular weight is 417 g/mol. The van der Waals surface area contributed by atoms with E-state index in [-0.39, 0.29) is 16.7 Å². The van der Waals surface area contributed by atoms with Crippen molar-refractivity contribution in [2.75, 3.05) is 0 Å². The molecule has 4 rings (SSSR count). The Morgan fingerprint density at radius 3 is 2.53 bits per heavy atom. The molecule has 0 heterocycles. The fourth-order valence-corrected chi connectivity index (χ4v) is 8.44. The average Bonchev–Trinajstić information content (AvgIpc) is 2.91. The molecule has 3 nitrogen and oxygen atoms in total. The molecule has 0 saturated heterocycles. The van der Waals surface area contributed by atoms with Crippen LogP contribution in [0.4, 0.5) is 0 Å². The van der Waals surface area contributed by atoms with E-state index < -0.39 is 12.2 Å². The molecular weight excluding hydrogens is 372 g/mol. The summed E-state index contributed by atoms with van der Waals surface area (Å²) < 4.78 is 0. The maximum Gasteiger partial charge on any atom is 0.159 e. The number of ketones is 1. The molecule has 0 spiro atoms. The van der Waals surface area contributed by atoms with E-state index in [1.807, 2.05) is 0 Å². The molecular formula is C27H44O3. The number of aliphatic hydroxyl groups is 2. The Hall–Kier alpha value is -0.670. The molecule has 30 heavy (non-hydrogen) atoms. The Balaban J connectivity index is 1.62. The van der Waals surface area contributed by atoms with Crippen molar-refractivity contribution in [3.63, 3.8) is 0 Å². The van der Waals surface area contributed by atoms with Crippen molar-refractivity contribution < 1.29 is 15.0 Å². The molecule has 4 aliphatic rings. The van der Waals surface area contributed by atoms with Gasteiger partial charge in [0.1, 0.15) is 0 Å². The van der Waals surface area contributed by atoms with Crippen LogP contribution in [0, 0.1) is 40.4 Å². The van der Waals surface area contributed by atoms with E-state index in [0.717, 1.165) is 44.4 Å². The molecule has 0 radical (unpaired) electrons. The van der Waals surface area contributed by atoms with Gasteiger partial charge in [0.25, 0.3) is 0 Å². The second-order valence-corrected chi connectivity index (χ2v) is 12.3. The Bertz CT molecular complexity index is 709. The van der Waals surface area contributed by atoms with Crippen LogP contribution in [0.15, 0.2) is 11.1 Å². The minimum absolute atomic E-state index is 0.0370. The van der Waals surface area contributed by atoms with E-state index in [1.165, 1.54) is 30.4 Å². The first-order valence-corrected chi connectivity index (χ1v) is 12.7. The fraction of sp³-hybridized carbons (Fsp3) is 0.889. The number of allylic oxidation sites excluding steroid dienone is 2. The first kappa shape index (κ1) is 22.5. The lowest BCUT2D eigenvalue weighted by Gasteiger charge is -2.57.